The van der Waals surface area contributed by atoms with Crippen molar-refractivity contribution in [3.63, 3.8) is 0 Å². The Labute approximate surface area is 303 Å². The molecule has 4 nitrogen and oxygen atoms in total. The van der Waals surface area contributed by atoms with Gasteiger partial charge < -0.3 is 9.73 Å². The lowest BCUT2D eigenvalue weighted by Crippen LogP contribution is -2.25. The zero-order valence-electron chi connectivity index (χ0n) is 27.9. The van der Waals surface area contributed by atoms with Crippen LogP contribution >= 0.6 is 11.3 Å². The lowest BCUT2D eigenvalue weighted by atomic mass is 9.97. The van der Waals surface area contributed by atoms with Crippen LogP contribution in [0.5, 0.6) is 0 Å². The standard InChI is InChI=1S/C47H29N3OS/c1-3-13-28(14-4-1)38-27-39(33-20-12-24-41-42(33)34-18-8-10-23-40(34)51-41)50-47(49-38)36-21-11-19-30-31-25-26-35-43(46(31)52-45(30)36)32-17-7-9-22-37(32)48-44(35)29-15-5-2-6-16-29/h1-27,47,50H. The number of rotatable bonds is 4. The monoisotopic (exact) mass is 683 g/mol. The van der Waals surface area contributed by atoms with E-state index in [1.807, 2.05) is 23.5 Å². The molecule has 0 amide bonds. The van der Waals surface area contributed by atoms with Gasteiger partial charge in [0.05, 0.1) is 16.9 Å². The predicted molar refractivity (Wildman–Crippen MR) is 218 cm³/mol. The molecule has 7 aromatic carbocycles. The van der Waals surface area contributed by atoms with Gasteiger partial charge in [0.1, 0.15) is 17.3 Å². The molecule has 1 aliphatic rings. The predicted octanol–water partition coefficient (Wildman–Crippen LogP) is 12.5. The zero-order valence-corrected chi connectivity index (χ0v) is 28.7. The normalized spacial score (nSPS) is 14.7. The van der Waals surface area contributed by atoms with Gasteiger partial charge in [-0.05, 0) is 29.8 Å². The fraction of sp³-hybridized carbons (Fsp3) is 0.0213. The molecule has 4 heterocycles. The molecule has 11 rings (SSSR count). The van der Waals surface area contributed by atoms with Gasteiger partial charge in [0, 0.05) is 69.5 Å². The number of nitrogens with one attached hydrogen (secondary N) is 1. The highest BCUT2D eigenvalue weighted by atomic mass is 32.1. The van der Waals surface area contributed by atoms with Crippen molar-refractivity contribution >= 4 is 86.5 Å². The Morgan fingerprint density at radius 3 is 2.06 bits per heavy atom. The highest BCUT2D eigenvalue weighted by Gasteiger charge is 2.25. The fourth-order valence-corrected chi connectivity index (χ4v) is 9.35. The number of para-hydroxylation sites is 2. The highest BCUT2D eigenvalue weighted by molar-refractivity contribution is 7.27. The molecule has 52 heavy (non-hydrogen) atoms. The van der Waals surface area contributed by atoms with E-state index < -0.39 is 0 Å². The summed E-state index contributed by atoms with van der Waals surface area (Å²) in [6, 6.07) is 55.3. The molecule has 1 aliphatic heterocycles. The van der Waals surface area contributed by atoms with Crippen LogP contribution in [0.3, 0.4) is 0 Å². The number of aliphatic imine (C=N–C) groups is 1. The Kier molecular flexibility index (Phi) is 6.45. The molecular weight excluding hydrogens is 655 g/mol. The van der Waals surface area contributed by atoms with Crippen LogP contribution in [0.1, 0.15) is 22.9 Å². The van der Waals surface area contributed by atoms with E-state index in [1.165, 1.54) is 30.9 Å². The summed E-state index contributed by atoms with van der Waals surface area (Å²) in [4.78, 5) is 10.6. The van der Waals surface area contributed by atoms with E-state index >= 15 is 0 Å². The van der Waals surface area contributed by atoms with Crippen molar-refractivity contribution < 1.29 is 4.42 Å². The van der Waals surface area contributed by atoms with Crippen molar-refractivity contribution in [1.82, 2.24) is 10.3 Å². The highest BCUT2D eigenvalue weighted by Crippen LogP contribution is 2.46. The third-order valence-electron chi connectivity index (χ3n) is 10.3. The van der Waals surface area contributed by atoms with E-state index in [1.54, 1.807) is 0 Å². The second-order valence-corrected chi connectivity index (χ2v) is 14.3. The number of nitrogens with zero attached hydrogens (tertiary/aromatic N) is 2. The molecule has 0 saturated carbocycles. The first-order valence-corrected chi connectivity index (χ1v) is 18.3. The number of hydrogen-bond donors (Lipinski definition) is 1. The number of hydrogen-bond acceptors (Lipinski definition) is 5. The summed E-state index contributed by atoms with van der Waals surface area (Å²) in [5, 5.41) is 12.2. The molecule has 10 aromatic rings. The Morgan fingerprint density at radius 1 is 0.519 bits per heavy atom. The van der Waals surface area contributed by atoms with Crippen molar-refractivity contribution in [1.29, 1.82) is 0 Å². The summed E-state index contributed by atoms with van der Waals surface area (Å²) >= 11 is 1.86. The lowest BCUT2D eigenvalue weighted by Gasteiger charge is -2.25. The summed E-state index contributed by atoms with van der Waals surface area (Å²) in [7, 11) is 0. The largest absolute Gasteiger partial charge is 0.456 e. The Bertz CT molecular complexity index is 3100. The van der Waals surface area contributed by atoms with Crippen LogP contribution in [-0.4, -0.2) is 10.7 Å². The van der Waals surface area contributed by atoms with Gasteiger partial charge in [-0.3, -0.25) is 4.99 Å². The van der Waals surface area contributed by atoms with Crippen LogP contribution in [0, 0.1) is 0 Å². The number of furan rings is 1. The van der Waals surface area contributed by atoms with Gasteiger partial charge in [0.2, 0.25) is 0 Å². The molecule has 1 atom stereocenters. The number of pyridine rings is 1. The fourth-order valence-electron chi connectivity index (χ4n) is 7.95. The maximum Gasteiger partial charge on any atom is 0.146 e. The average molecular weight is 684 g/mol. The maximum absolute atomic E-state index is 6.31. The third kappa shape index (κ3) is 4.46. The lowest BCUT2D eigenvalue weighted by molar-refractivity contribution is 0.666. The number of thiophene rings is 1. The molecule has 1 unspecified atom stereocenters. The van der Waals surface area contributed by atoms with Gasteiger partial charge in [0.15, 0.2) is 0 Å². The number of fused-ring (bicyclic) bond motifs is 10. The number of benzene rings is 7. The molecule has 0 radical (unpaired) electrons. The summed E-state index contributed by atoms with van der Waals surface area (Å²) in [5.41, 5.74) is 10.2. The molecule has 0 bridgehead atoms. The molecule has 0 fully saturated rings. The molecule has 244 valence electrons. The van der Waals surface area contributed by atoms with Gasteiger partial charge in [-0.25, -0.2) is 4.98 Å². The second-order valence-electron chi connectivity index (χ2n) is 13.3. The SMILES string of the molecule is C1=C(c2cccc3oc4ccccc4c23)NC(c2cccc3c2sc2c3ccc3c(-c4ccccc4)nc4ccccc4c32)N=C1c1ccccc1. The van der Waals surface area contributed by atoms with E-state index in [0.29, 0.717) is 0 Å². The first kappa shape index (κ1) is 29.2. The van der Waals surface area contributed by atoms with Crippen LogP contribution < -0.4 is 5.32 Å². The van der Waals surface area contributed by atoms with Gasteiger partial charge >= 0.3 is 0 Å². The van der Waals surface area contributed by atoms with E-state index in [-0.39, 0.29) is 6.17 Å². The Morgan fingerprint density at radius 2 is 1.19 bits per heavy atom. The molecule has 0 spiro atoms. The number of aromatic nitrogens is 1. The minimum absolute atomic E-state index is 0.315. The first-order chi connectivity index (χ1) is 25.8. The van der Waals surface area contributed by atoms with Crippen LogP contribution in [0.2, 0.25) is 0 Å². The van der Waals surface area contributed by atoms with Gasteiger partial charge in [-0.1, -0.05) is 140 Å². The van der Waals surface area contributed by atoms with Crippen LogP contribution in [-0.2, 0) is 0 Å². The van der Waals surface area contributed by atoms with Crippen molar-refractivity contribution in [3.8, 4) is 11.3 Å². The molecule has 0 saturated heterocycles. The summed E-state index contributed by atoms with van der Waals surface area (Å²) < 4.78 is 8.81. The third-order valence-corrected chi connectivity index (χ3v) is 11.6. The van der Waals surface area contributed by atoms with Crippen molar-refractivity contribution in [3.05, 3.63) is 180 Å². The average Bonchev–Trinajstić information content (AvgIpc) is 3.80. The van der Waals surface area contributed by atoms with Gasteiger partial charge in [-0.2, -0.15) is 0 Å². The van der Waals surface area contributed by atoms with E-state index in [9.17, 15) is 0 Å². The maximum atomic E-state index is 6.31. The molecule has 5 heteroatoms. The molecular formula is C47H29N3OS. The topological polar surface area (TPSA) is 50.4 Å². The second kappa shape index (κ2) is 11.5. The van der Waals surface area contributed by atoms with Crippen LogP contribution in [0.4, 0.5) is 0 Å². The summed E-state index contributed by atoms with van der Waals surface area (Å²) in [5.74, 6) is 0. The minimum atomic E-state index is -0.315. The summed E-state index contributed by atoms with van der Waals surface area (Å²) in [6.07, 6.45) is 1.87. The van der Waals surface area contributed by atoms with E-state index in [0.717, 1.165) is 72.2 Å². The van der Waals surface area contributed by atoms with Crippen LogP contribution in [0.15, 0.2) is 173 Å². The van der Waals surface area contributed by atoms with Gasteiger partial charge in [0.25, 0.3) is 0 Å². The van der Waals surface area contributed by atoms with Crippen molar-refractivity contribution in [2.75, 3.05) is 0 Å². The van der Waals surface area contributed by atoms with E-state index in [2.05, 4.69) is 157 Å². The molecule has 1 N–H and O–H groups in total. The van der Waals surface area contributed by atoms with Crippen molar-refractivity contribution in [2.24, 2.45) is 4.99 Å². The van der Waals surface area contributed by atoms with Gasteiger partial charge in [-0.15, -0.1) is 11.3 Å². The Balaban J connectivity index is 1.14. The zero-order chi connectivity index (χ0) is 34.2. The van der Waals surface area contributed by atoms with Crippen LogP contribution in [0.25, 0.3) is 80.7 Å². The minimum Gasteiger partial charge on any atom is -0.456 e. The summed E-state index contributed by atoms with van der Waals surface area (Å²) in [6.45, 7) is 0. The van der Waals surface area contributed by atoms with E-state index in [4.69, 9.17) is 14.4 Å². The molecule has 3 aromatic heterocycles. The quantitative estimate of drug-likeness (QED) is 0.188. The smallest absolute Gasteiger partial charge is 0.146 e. The molecule has 0 aliphatic carbocycles. The number of allylic oxidation sites excluding steroid dienone is 1. The Hall–Kier alpha value is -6.56. The first-order valence-electron chi connectivity index (χ1n) is 17.5. The van der Waals surface area contributed by atoms with Crippen molar-refractivity contribution in [2.45, 2.75) is 6.17 Å².